The Morgan fingerprint density at radius 1 is 1.30 bits per heavy atom. The maximum atomic E-state index is 12.0. The normalized spacial score (nSPS) is 13.8. The summed E-state index contributed by atoms with van der Waals surface area (Å²) in [6, 6.07) is 7.95. The van der Waals surface area contributed by atoms with Crippen LogP contribution in [0.15, 0.2) is 29.6 Å². The van der Waals surface area contributed by atoms with Crippen molar-refractivity contribution in [2.75, 3.05) is 13.3 Å². The van der Waals surface area contributed by atoms with Gasteiger partial charge < -0.3 is 20.1 Å². The molecular formula is C17H20N2O3S. The number of rotatable bonds is 6. The van der Waals surface area contributed by atoms with Crippen LogP contribution >= 0.6 is 11.3 Å². The Morgan fingerprint density at radius 3 is 2.91 bits per heavy atom. The third kappa shape index (κ3) is 3.83. The molecule has 1 aliphatic rings. The summed E-state index contributed by atoms with van der Waals surface area (Å²) in [4.78, 5) is 13.2. The number of aryl methyl sites for hydroxylation is 1. The van der Waals surface area contributed by atoms with Gasteiger partial charge in [-0.1, -0.05) is 6.07 Å². The summed E-state index contributed by atoms with van der Waals surface area (Å²) in [6.07, 6.45) is 0. The van der Waals surface area contributed by atoms with Crippen molar-refractivity contribution >= 4 is 17.2 Å². The van der Waals surface area contributed by atoms with Gasteiger partial charge in [0.05, 0.1) is 13.1 Å². The Kier molecular flexibility index (Phi) is 4.83. The first-order chi connectivity index (χ1) is 11.1. The molecule has 2 heterocycles. The lowest BCUT2D eigenvalue weighted by Crippen LogP contribution is -2.34. The molecule has 1 aromatic carbocycles. The summed E-state index contributed by atoms with van der Waals surface area (Å²) in [5, 5.41) is 8.21. The maximum absolute atomic E-state index is 12.0. The molecule has 5 nitrogen and oxygen atoms in total. The molecule has 3 rings (SSSR count). The van der Waals surface area contributed by atoms with E-state index < -0.39 is 0 Å². The van der Waals surface area contributed by atoms with Crippen molar-refractivity contribution in [3.8, 4) is 11.5 Å². The van der Waals surface area contributed by atoms with E-state index in [-0.39, 0.29) is 25.3 Å². The second-order valence-corrected chi connectivity index (χ2v) is 6.52. The van der Waals surface area contributed by atoms with Crippen molar-refractivity contribution in [3.05, 3.63) is 45.6 Å². The summed E-state index contributed by atoms with van der Waals surface area (Å²) in [5.41, 5.74) is 2.29. The molecule has 0 unspecified atom stereocenters. The molecule has 2 N–H and O–H groups in total. The molecule has 2 aromatic rings. The predicted octanol–water partition coefficient (Wildman–Crippen LogP) is 2.75. The molecule has 0 bridgehead atoms. The van der Waals surface area contributed by atoms with E-state index in [0.29, 0.717) is 6.54 Å². The second kappa shape index (κ2) is 7.02. The van der Waals surface area contributed by atoms with E-state index in [2.05, 4.69) is 23.6 Å². The van der Waals surface area contributed by atoms with E-state index in [1.807, 2.05) is 30.5 Å². The highest BCUT2D eigenvalue weighted by Crippen LogP contribution is 2.34. The first-order valence-corrected chi connectivity index (χ1v) is 8.44. The summed E-state index contributed by atoms with van der Waals surface area (Å²) in [5.74, 6) is 1.52. The third-order valence-corrected chi connectivity index (χ3v) is 4.90. The third-order valence-electron chi connectivity index (χ3n) is 3.88. The monoisotopic (exact) mass is 332 g/mol. The van der Waals surface area contributed by atoms with Crippen molar-refractivity contribution in [1.82, 2.24) is 10.6 Å². The van der Waals surface area contributed by atoms with Crippen LogP contribution < -0.4 is 20.1 Å². The summed E-state index contributed by atoms with van der Waals surface area (Å²) < 4.78 is 10.7. The number of benzene rings is 1. The highest BCUT2D eigenvalue weighted by atomic mass is 32.1. The smallest absolute Gasteiger partial charge is 0.234 e. The largest absolute Gasteiger partial charge is 0.454 e. The Bertz CT molecular complexity index is 699. The summed E-state index contributed by atoms with van der Waals surface area (Å²) in [7, 11) is 0. The minimum atomic E-state index is -0.00890. The molecule has 6 heteroatoms. The number of carbonyl (C=O) groups excluding carboxylic acids is 1. The van der Waals surface area contributed by atoms with Gasteiger partial charge in [0.25, 0.3) is 0 Å². The molecule has 0 saturated carbocycles. The molecule has 0 spiro atoms. The number of hydrogen-bond donors (Lipinski definition) is 2. The highest BCUT2D eigenvalue weighted by Gasteiger charge is 2.16. The molecular weight excluding hydrogens is 312 g/mol. The molecule has 1 aromatic heterocycles. The van der Waals surface area contributed by atoms with Gasteiger partial charge in [-0.25, -0.2) is 0 Å². The highest BCUT2D eigenvalue weighted by molar-refractivity contribution is 7.10. The molecule has 1 amide bonds. The molecule has 23 heavy (non-hydrogen) atoms. The number of fused-ring (bicyclic) bond motifs is 1. The van der Waals surface area contributed by atoms with Crippen molar-refractivity contribution in [2.45, 2.75) is 26.4 Å². The van der Waals surface area contributed by atoms with Gasteiger partial charge in [-0.05, 0) is 48.6 Å². The van der Waals surface area contributed by atoms with Gasteiger partial charge >= 0.3 is 0 Å². The molecule has 1 atom stereocenters. The van der Waals surface area contributed by atoms with Crippen LogP contribution in [-0.2, 0) is 11.3 Å². The number of carbonyl (C=O) groups is 1. The van der Waals surface area contributed by atoms with E-state index in [1.165, 1.54) is 10.4 Å². The van der Waals surface area contributed by atoms with Crippen molar-refractivity contribution in [1.29, 1.82) is 0 Å². The quantitative estimate of drug-likeness (QED) is 0.854. The van der Waals surface area contributed by atoms with Crippen molar-refractivity contribution in [2.24, 2.45) is 0 Å². The average molecular weight is 332 g/mol. The molecule has 0 saturated heterocycles. The Labute approximate surface area is 139 Å². The minimum Gasteiger partial charge on any atom is -0.454 e. The van der Waals surface area contributed by atoms with Gasteiger partial charge in [0.2, 0.25) is 12.7 Å². The van der Waals surface area contributed by atoms with Gasteiger partial charge in [-0.2, -0.15) is 0 Å². The lowest BCUT2D eigenvalue weighted by molar-refractivity contribution is -0.120. The predicted molar refractivity (Wildman–Crippen MR) is 89.9 cm³/mol. The first-order valence-electron chi connectivity index (χ1n) is 7.56. The van der Waals surface area contributed by atoms with Gasteiger partial charge in [-0.15, -0.1) is 11.3 Å². The van der Waals surface area contributed by atoms with Crippen LogP contribution in [0.3, 0.4) is 0 Å². The van der Waals surface area contributed by atoms with E-state index in [1.54, 1.807) is 11.3 Å². The lowest BCUT2D eigenvalue weighted by Gasteiger charge is -2.14. The standard InChI is InChI=1S/C17H20N2O3S/c1-11-5-6-23-16(11)8-19-17(20)9-18-12(2)13-3-4-14-15(7-13)22-10-21-14/h3-7,12,18H,8-10H2,1-2H3,(H,19,20)/t12-/m1/s1. The van der Waals surface area contributed by atoms with Crippen LogP contribution in [-0.4, -0.2) is 19.2 Å². The minimum absolute atomic E-state index is 0.00890. The van der Waals surface area contributed by atoms with Crippen LogP contribution in [0.5, 0.6) is 11.5 Å². The van der Waals surface area contributed by atoms with Gasteiger partial charge in [0, 0.05) is 10.9 Å². The zero-order chi connectivity index (χ0) is 16.2. The van der Waals surface area contributed by atoms with Gasteiger partial charge in [-0.3, -0.25) is 4.79 Å². The second-order valence-electron chi connectivity index (χ2n) is 5.52. The van der Waals surface area contributed by atoms with E-state index in [4.69, 9.17) is 9.47 Å². The maximum Gasteiger partial charge on any atom is 0.234 e. The number of nitrogens with one attached hydrogen (secondary N) is 2. The lowest BCUT2D eigenvalue weighted by atomic mass is 10.1. The van der Waals surface area contributed by atoms with E-state index in [9.17, 15) is 4.79 Å². The number of thiophene rings is 1. The van der Waals surface area contributed by atoms with E-state index >= 15 is 0 Å². The Morgan fingerprint density at radius 2 is 2.13 bits per heavy atom. The first kappa shape index (κ1) is 15.8. The molecule has 0 radical (unpaired) electrons. The fraction of sp³-hybridized carbons (Fsp3) is 0.353. The molecule has 0 fully saturated rings. The summed E-state index contributed by atoms with van der Waals surface area (Å²) >= 11 is 1.66. The fourth-order valence-corrected chi connectivity index (χ4v) is 3.22. The molecule has 0 aliphatic carbocycles. The van der Waals surface area contributed by atoms with Crippen LogP contribution in [0.2, 0.25) is 0 Å². The van der Waals surface area contributed by atoms with Crippen molar-refractivity contribution < 1.29 is 14.3 Å². The number of hydrogen-bond acceptors (Lipinski definition) is 5. The Balaban J connectivity index is 1.47. The van der Waals surface area contributed by atoms with Crippen LogP contribution in [0.4, 0.5) is 0 Å². The van der Waals surface area contributed by atoms with Crippen LogP contribution in [0.25, 0.3) is 0 Å². The topological polar surface area (TPSA) is 59.6 Å². The average Bonchev–Trinajstić information content (AvgIpc) is 3.18. The van der Waals surface area contributed by atoms with Crippen LogP contribution in [0, 0.1) is 6.92 Å². The fourth-order valence-electron chi connectivity index (χ4n) is 2.37. The summed E-state index contributed by atoms with van der Waals surface area (Å²) in [6.45, 7) is 5.21. The zero-order valence-electron chi connectivity index (χ0n) is 13.2. The Hall–Kier alpha value is -2.05. The van der Waals surface area contributed by atoms with Crippen LogP contribution in [0.1, 0.15) is 29.0 Å². The zero-order valence-corrected chi connectivity index (χ0v) is 14.0. The van der Waals surface area contributed by atoms with Gasteiger partial charge in [0.1, 0.15) is 0 Å². The van der Waals surface area contributed by atoms with E-state index in [0.717, 1.165) is 17.1 Å². The number of amides is 1. The SMILES string of the molecule is Cc1ccsc1CNC(=O)CN[C@H](C)c1ccc2c(c1)OCO2. The molecule has 122 valence electrons. The van der Waals surface area contributed by atoms with Gasteiger partial charge in [0.15, 0.2) is 11.5 Å². The molecule has 1 aliphatic heterocycles. The number of ether oxygens (including phenoxy) is 2. The van der Waals surface area contributed by atoms with Crippen molar-refractivity contribution in [3.63, 3.8) is 0 Å².